The number of anilines is 2. The molecule has 1 aromatic carbocycles. The van der Waals surface area contributed by atoms with Crippen molar-refractivity contribution in [3.05, 3.63) is 46.1 Å². The van der Waals surface area contributed by atoms with Crippen molar-refractivity contribution in [2.75, 3.05) is 10.1 Å². The summed E-state index contributed by atoms with van der Waals surface area (Å²) in [5.74, 6) is -0.414. The fourth-order valence-corrected chi connectivity index (χ4v) is 1.75. The first-order valence-corrected chi connectivity index (χ1v) is 4.79. The van der Waals surface area contributed by atoms with Gasteiger partial charge in [-0.05, 0) is 19.1 Å². The van der Waals surface area contributed by atoms with Crippen molar-refractivity contribution < 1.29 is 4.79 Å². The van der Waals surface area contributed by atoms with Gasteiger partial charge in [-0.1, -0.05) is 12.1 Å². The van der Waals surface area contributed by atoms with Crippen molar-refractivity contribution in [3.63, 3.8) is 0 Å². The van der Waals surface area contributed by atoms with Crippen LogP contribution in [0, 0.1) is 10.4 Å². The fourth-order valence-electron chi connectivity index (χ4n) is 1.75. The second-order valence-corrected chi connectivity index (χ2v) is 3.57. The predicted octanol–water partition coefficient (Wildman–Crippen LogP) is 2.13. The van der Waals surface area contributed by atoms with Crippen molar-refractivity contribution in [1.82, 2.24) is 0 Å². The maximum atomic E-state index is 11.9. The van der Waals surface area contributed by atoms with E-state index in [-0.39, 0.29) is 22.8 Å². The van der Waals surface area contributed by atoms with Gasteiger partial charge in [-0.25, -0.2) is 0 Å². The van der Waals surface area contributed by atoms with E-state index in [9.17, 15) is 15.2 Å². The zero-order valence-corrected chi connectivity index (χ0v) is 8.93. The Morgan fingerprint density at radius 3 is 2.12 bits per heavy atom. The van der Waals surface area contributed by atoms with E-state index in [1.807, 2.05) is 0 Å². The molecule has 16 heavy (non-hydrogen) atoms. The molecule has 1 aliphatic heterocycles. The van der Waals surface area contributed by atoms with E-state index in [0.717, 1.165) is 0 Å². The minimum atomic E-state index is -0.414. The number of fused-ring (bicyclic) bond motifs is 1. The van der Waals surface area contributed by atoms with Gasteiger partial charge < -0.3 is 20.5 Å². The number of nitrogens with zero attached hydrogens (tertiary/aromatic N) is 2. The molecule has 1 heterocycles. The van der Waals surface area contributed by atoms with E-state index in [0.29, 0.717) is 10.1 Å². The average Bonchev–Trinajstić information content (AvgIpc) is 2.26. The van der Waals surface area contributed by atoms with Gasteiger partial charge in [0, 0.05) is 12.6 Å². The van der Waals surface area contributed by atoms with E-state index in [4.69, 9.17) is 0 Å². The maximum absolute atomic E-state index is 11.9. The van der Waals surface area contributed by atoms with Gasteiger partial charge in [0.25, 0.3) is 0 Å². The molecule has 0 spiro atoms. The number of hydrogen-bond donors (Lipinski definition) is 0. The van der Waals surface area contributed by atoms with Gasteiger partial charge >= 0.3 is 0 Å². The van der Waals surface area contributed by atoms with Crippen LogP contribution in [-0.4, -0.2) is 5.78 Å². The molecule has 0 N–H and O–H groups in total. The standard InChI is InChI=1S/C11H10N2O3/c1-7-11(8(2)14)13(16)10-6-4-3-5-9(10)12(7)15/h3-6H,1-2H3/q-2. The van der Waals surface area contributed by atoms with Crippen LogP contribution >= 0.6 is 0 Å². The third-order valence-corrected chi connectivity index (χ3v) is 2.50. The predicted molar refractivity (Wildman–Crippen MR) is 61.5 cm³/mol. The Morgan fingerprint density at radius 1 is 1.12 bits per heavy atom. The summed E-state index contributed by atoms with van der Waals surface area (Å²) in [6.07, 6.45) is 0. The number of carbonyl (C=O) groups excluding carboxylic acids is 1. The SMILES string of the molecule is CC(=O)C1=C(C)N([O-])c2ccccc2N1[O-]. The molecule has 0 saturated heterocycles. The van der Waals surface area contributed by atoms with E-state index in [1.165, 1.54) is 19.9 Å². The maximum Gasteiger partial charge on any atom is 0.177 e. The lowest BCUT2D eigenvalue weighted by molar-refractivity contribution is -0.113. The molecule has 0 bridgehead atoms. The fraction of sp³-hybridized carbons (Fsp3) is 0.182. The number of rotatable bonds is 1. The molecule has 2 rings (SSSR count). The summed E-state index contributed by atoms with van der Waals surface area (Å²) in [7, 11) is 0. The smallest absolute Gasteiger partial charge is 0.177 e. The molecule has 0 aliphatic carbocycles. The highest BCUT2D eigenvalue weighted by Gasteiger charge is 2.21. The van der Waals surface area contributed by atoms with Crippen LogP contribution < -0.4 is 10.1 Å². The topological polar surface area (TPSA) is 69.7 Å². The van der Waals surface area contributed by atoms with Gasteiger partial charge in [-0.15, -0.1) is 0 Å². The molecule has 84 valence electrons. The Balaban J connectivity index is 2.63. The van der Waals surface area contributed by atoms with Gasteiger partial charge in [0.15, 0.2) is 5.78 Å². The van der Waals surface area contributed by atoms with Gasteiger partial charge in [0.05, 0.1) is 17.1 Å². The lowest BCUT2D eigenvalue weighted by Gasteiger charge is -2.46. The molecule has 0 saturated carbocycles. The van der Waals surface area contributed by atoms with E-state index in [2.05, 4.69) is 0 Å². The first-order valence-electron chi connectivity index (χ1n) is 4.79. The largest absolute Gasteiger partial charge is 0.754 e. The summed E-state index contributed by atoms with van der Waals surface area (Å²) in [5, 5.41) is 24.8. The first kappa shape index (κ1) is 10.7. The highest BCUT2D eigenvalue weighted by Crippen LogP contribution is 2.38. The van der Waals surface area contributed by atoms with Crippen molar-refractivity contribution >= 4 is 17.2 Å². The number of benzene rings is 1. The van der Waals surface area contributed by atoms with Gasteiger partial charge in [-0.3, -0.25) is 4.79 Å². The van der Waals surface area contributed by atoms with Crippen LogP contribution in [0.15, 0.2) is 35.7 Å². The summed E-state index contributed by atoms with van der Waals surface area (Å²) in [5.41, 5.74) is 0.489. The Labute approximate surface area is 92.7 Å². The minimum Gasteiger partial charge on any atom is -0.754 e. The lowest BCUT2D eigenvalue weighted by Crippen LogP contribution is -2.32. The summed E-state index contributed by atoms with van der Waals surface area (Å²) < 4.78 is 0. The monoisotopic (exact) mass is 218 g/mol. The molecular weight excluding hydrogens is 208 g/mol. The molecular formula is C11H10N2O3-2. The van der Waals surface area contributed by atoms with E-state index in [1.54, 1.807) is 18.2 Å². The van der Waals surface area contributed by atoms with Crippen LogP contribution in [0.5, 0.6) is 0 Å². The van der Waals surface area contributed by atoms with Gasteiger partial charge in [-0.2, -0.15) is 0 Å². The molecule has 1 aromatic rings. The van der Waals surface area contributed by atoms with Gasteiger partial charge in [0.1, 0.15) is 0 Å². The number of ketones is 1. The zero-order valence-electron chi connectivity index (χ0n) is 8.93. The quantitative estimate of drug-likeness (QED) is 0.722. The third kappa shape index (κ3) is 1.37. The molecule has 0 fully saturated rings. The second-order valence-electron chi connectivity index (χ2n) is 3.57. The van der Waals surface area contributed by atoms with Gasteiger partial charge in [0.2, 0.25) is 0 Å². The zero-order chi connectivity index (χ0) is 11.9. The van der Waals surface area contributed by atoms with Crippen LogP contribution in [0.4, 0.5) is 11.4 Å². The van der Waals surface area contributed by atoms with Crippen LogP contribution in [0.2, 0.25) is 0 Å². The highest BCUT2D eigenvalue weighted by molar-refractivity contribution is 6.01. The van der Waals surface area contributed by atoms with E-state index < -0.39 is 5.78 Å². The third-order valence-electron chi connectivity index (χ3n) is 2.50. The Morgan fingerprint density at radius 2 is 1.62 bits per heavy atom. The van der Waals surface area contributed by atoms with Crippen molar-refractivity contribution in [2.45, 2.75) is 13.8 Å². The first-order chi connectivity index (χ1) is 7.54. The van der Waals surface area contributed by atoms with Crippen LogP contribution in [-0.2, 0) is 4.79 Å². The molecule has 0 amide bonds. The summed E-state index contributed by atoms with van der Waals surface area (Å²) in [6, 6.07) is 6.38. The van der Waals surface area contributed by atoms with Crippen molar-refractivity contribution in [3.8, 4) is 0 Å². The number of allylic oxidation sites excluding steroid dienone is 2. The average molecular weight is 218 g/mol. The van der Waals surface area contributed by atoms with Crippen LogP contribution in [0.3, 0.4) is 0 Å². The molecule has 0 unspecified atom stereocenters. The summed E-state index contributed by atoms with van der Waals surface area (Å²) in [6.45, 7) is 2.73. The van der Waals surface area contributed by atoms with Crippen LogP contribution in [0.1, 0.15) is 13.8 Å². The molecule has 5 nitrogen and oxygen atoms in total. The molecule has 0 atom stereocenters. The highest BCUT2D eigenvalue weighted by atomic mass is 16.5. The molecule has 0 radical (unpaired) electrons. The number of hydroxylamine groups is 2. The number of Topliss-reactive ketones (excluding diaryl/α,β-unsaturated/α-hetero) is 1. The number of para-hydroxylation sites is 2. The minimum absolute atomic E-state index is 0.103. The number of carbonyl (C=O) groups is 1. The molecule has 5 heteroatoms. The normalized spacial score (nSPS) is 15.2. The molecule has 1 aliphatic rings. The van der Waals surface area contributed by atoms with Crippen molar-refractivity contribution in [1.29, 1.82) is 0 Å². The Kier molecular flexibility index (Phi) is 2.41. The Hall–Kier alpha value is -1.85. The summed E-state index contributed by atoms with van der Waals surface area (Å²) >= 11 is 0. The van der Waals surface area contributed by atoms with E-state index >= 15 is 0 Å². The molecule has 0 aromatic heterocycles. The Bertz CT molecular complexity index is 482. The second kappa shape index (κ2) is 3.62. The number of hydrogen-bond acceptors (Lipinski definition) is 5. The van der Waals surface area contributed by atoms with Crippen LogP contribution in [0.25, 0.3) is 0 Å². The lowest BCUT2D eigenvalue weighted by atomic mass is 10.1. The summed E-state index contributed by atoms with van der Waals surface area (Å²) in [4.78, 5) is 11.3. The van der Waals surface area contributed by atoms with Crippen molar-refractivity contribution in [2.24, 2.45) is 0 Å².